The lowest BCUT2D eigenvalue weighted by Crippen LogP contribution is -2.44. The molecule has 4 heterocycles. The van der Waals surface area contributed by atoms with E-state index in [4.69, 9.17) is 9.72 Å². The number of hydrogen-bond acceptors (Lipinski definition) is 6. The van der Waals surface area contributed by atoms with Gasteiger partial charge in [0.05, 0.1) is 30.6 Å². The van der Waals surface area contributed by atoms with Gasteiger partial charge in [0.1, 0.15) is 17.0 Å². The number of aromatic amines is 1. The zero-order chi connectivity index (χ0) is 18.3. The molecule has 3 aromatic heterocycles. The minimum absolute atomic E-state index is 0.218. The predicted octanol–water partition coefficient (Wildman–Crippen LogP) is 2.47. The lowest BCUT2D eigenvalue weighted by atomic mass is 9.94. The van der Waals surface area contributed by atoms with E-state index >= 15 is 0 Å². The molecule has 0 spiro atoms. The van der Waals surface area contributed by atoms with E-state index in [1.54, 1.807) is 26.2 Å². The number of nitrogens with zero attached hydrogens (tertiary/aromatic N) is 4. The quantitative estimate of drug-likeness (QED) is 0.752. The van der Waals surface area contributed by atoms with Gasteiger partial charge in [0, 0.05) is 24.3 Å². The summed E-state index contributed by atoms with van der Waals surface area (Å²) in [7, 11) is 0. The van der Waals surface area contributed by atoms with Crippen LogP contribution in [0.5, 0.6) is 0 Å². The van der Waals surface area contributed by atoms with Crippen LogP contribution in [0.25, 0.3) is 22.3 Å². The minimum Gasteiger partial charge on any atom is -0.386 e. The van der Waals surface area contributed by atoms with Crippen LogP contribution >= 0.6 is 0 Å². The third-order valence-corrected chi connectivity index (χ3v) is 4.79. The second-order valence-corrected chi connectivity index (χ2v) is 7.23. The average Bonchev–Trinajstić information content (AvgIpc) is 3.14. The van der Waals surface area contributed by atoms with Gasteiger partial charge in [-0.2, -0.15) is 5.10 Å². The number of ether oxygens (including phenoxy) is 1. The molecule has 1 fully saturated rings. The first-order valence-electron chi connectivity index (χ1n) is 8.82. The Morgan fingerprint density at radius 2 is 2.15 bits per heavy atom. The molecule has 26 heavy (non-hydrogen) atoms. The van der Waals surface area contributed by atoms with Crippen LogP contribution in [-0.2, 0) is 10.3 Å². The monoisotopic (exact) mass is 353 g/mol. The summed E-state index contributed by atoms with van der Waals surface area (Å²) in [5.74, 6) is 0.833. The Kier molecular flexibility index (Phi) is 4.13. The smallest absolute Gasteiger partial charge is 0.130 e. The summed E-state index contributed by atoms with van der Waals surface area (Å²) in [4.78, 5) is 11.7. The van der Waals surface area contributed by atoms with Crippen LogP contribution < -0.4 is 4.90 Å². The zero-order valence-corrected chi connectivity index (χ0v) is 15.2. The van der Waals surface area contributed by atoms with E-state index in [1.165, 1.54) is 0 Å². The Labute approximate surface area is 152 Å². The van der Waals surface area contributed by atoms with Crippen molar-refractivity contribution in [3.8, 4) is 11.4 Å². The number of H-pyrrole nitrogens is 1. The number of anilines is 1. The molecule has 0 saturated carbocycles. The highest BCUT2D eigenvalue weighted by atomic mass is 16.5. The number of pyridine rings is 2. The number of fused-ring (bicyclic) bond motifs is 1. The third-order valence-electron chi connectivity index (χ3n) is 4.79. The van der Waals surface area contributed by atoms with E-state index < -0.39 is 5.60 Å². The first kappa shape index (κ1) is 16.9. The van der Waals surface area contributed by atoms with Crippen molar-refractivity contribution in [2.75, 3.05) is 24.7 Å². The van der Waals surface area contributed by atoms with Crippen molar-refractivity contribution in [3.63, 3.8) is 0 Å². The van der Waals surface area contributed by atoms with E-state index in [1.807, 2.05) is 18.2 Å². The molecule has 7 nitrogen and oxygen atoms in total. The number of hydrogen-bond donors (Lipinski definition) is 2. The van der Waals surface area contributed by atoms with Crippen molar-refractivity contribution >= 4 is 16.7 Å². The summed E-state index contributed by atoms with van der Waals surface area (Å²) in [6.07, 6.45) is 3.44. The van der Waals surface area contributed by atoms with Gasteiger partial charge < -0.3 is 14.7 Å². The maximum atomic E-state index is 10.8. The van der Waals surface area contributed by atoms with Crippen LogP contribution in [0.1, 0.15) is 26.3 Å². The summed E-state index contributed by atoms with van der Waals surface area (Å²) in [6.45, 7) is 7.81. The molecule has 0 amide bonds. The topological polar surface area (TPSA) is 87.2 Å². The van der Waals surface area contributed by atoms with E-state index in [9.17, 15) is 5.11 Å². The SMILES string of the molecule is C[C@@H]1COCCN1c1cc(C(C)(C)O)c2ccnc(-c3ccn[nH]3)c2n1. The van der Waals surface area contributed by atoms with Crippen molar-refractivity contribution in [2.24, 2.45) is 0 Å². The molecule has 136 valence electrons. The number of aliphatic hydroxyl groups is 1. The van der Waals surface area contributed by atoms with Crippen molar-refractivity contribution in [1.82, 2.24) is 20.2 Å². The fraction of sp³-hybridized carbons (Fsp3) is 0.421. The third kappa shape index (κ3) is 2.93. The summed E-state index contributed by atoms with van der Waals surface area (Å²) in [5.41, 5.74) is 2.12. The molecule has 3 aromatic rings. The molecule has 0 unspecified atom stereocenters. The first-order valence-corrected chi connectivity index (χ1v) is 8.82. The fourth-order valence-corrected chi connectivity index (χ4v) is 3.44. The van der Waals surface area contributed by atoms with Crippen LogP contribution in [0.3, 0.4) is 0 Å². The molecule has 1 saturated heterocycles. The van der Waals surface area contributed by atoms with Gasteiger partial charge >= 0.3 is 0 Å². The highest BCUT2D eigenvalue weighted by Crippen LogP contribution is 2.34. The van der Waals surface area contributed by atoms with Crippen LogP contribution in [0.4, 0.5) is 5.82 Å². The summed E-state index contributed by atoms with van der Waals surface area (Å²) in [5, 5.41) is 18.7. The molecule has 0 bridgehead atoms. The van der Waals surface area contributed by atoms with Gasteiger partial charge in [0.25, 0.3) is 0 Å². The number of morpholine rings is 1. The average molecular weight is 353 g/mol. The summed E-state index contributed by atoms with van der Waals surface area (Å²) >= 11 is 0. The minimum atomic E-state index is -1.00. The first-order chi connectivity index (χ1) is 12.4. The maximum Gasteiger partial charge on any atom is 0.130 e. The highest BCUT2D eigenvalue weighted by molar-refractivity contribution is 5.94. The number of aromatic nitrogens is 4. The zero-order valence-electron chi connectivity index (χ0n) is 15.2. The van der Waals surface area contributed by atoms with Gasteiger partial charge in [-0.15, -0.1) is 0 Å². The Morgan fingerprint density at radius 1 is 1.31 bits per heavy atom. The molecule has 0 aliphatic carbocycles. The Balaban J connectivity index is 1.98. The van der Waals surface area contributed by atoms with E-state index in [0.29, 0.717) is 13.2 Å². The van der Waals surface area contributed by atoms with Crippen molar-refractivity contribution in [1.29, 1.82) is 0 Å². The number of nitrogens with one attached hydrogen (secondary N) is 1. The molecule has 7 heteroatoms. The van der Waals surface area contributed by atoms with Crippen molar-refractivity contribution in [3.05, 3.63) is 36.2 Å². The second-order valence-electron chi connectivity index (χ2n) is 7.23. The summed E-state index contributed by atoms with van der Waals surface area (Å²) in [6, 6.07) is 5.98. The lowest BCUT2D eigenvalue weighted by Gasteiger charge is -2.35. The Morgan fingerprint density at radius 3 is 2.85 bits per heavy atom. The maximum absolute atomic E-state index is 10.8. The molecule has 1 aliphatic rings. The Bertz CT molecular complexity index is 918. The molecule has 1 atom stereocenters. The van der Waals surface area contributed by atoms with Crippen molar-refractivity contribution in [2.45, 2.75) is 32.4 Å². The van der Waals surface area contributed by atoms with Crippen LogP contribution in [-0.4, -0.2) is 51.1 Å². The summed E-state index contributed by atoms with van der Waals surface area (Å²) < 4.78 is 5.56. The molecule has 4 rings (SSSR count). The van der Waals surface area contributed by atoms with E-state index in [2.05, 4.69) is 27.0 Å². The fourth-order valence-electron chi connectivity index (χ4n) is 3.44. The number of rotatable bonds is 3. The Hall–Kier alpha value is -2.51. The molecule has 0 aromatic carbocycles. The van der Waals surface area contributed by atoms with Crippen LogP contribution in [0.2, 0.25) is 0 Å². The van der Waals surface area contributed by atoms with Crippen molar-refractivity contribution < 1.29 is 9.84 Å². The van der Waals surface area contributed by atoms with Crippen LogP contribution in [0.15, 0.2) is 30.6 Å². The van der Waals surface area contributed by atoms with Gasteiger partial charge in [-0.3, -0.25) is 10.1 Å². The molecule has 1 aliphatic heterocycles. The molecule has 2 N–H and O–H groups in total. The molecule has 0 radical (unpaired) electrons. The lowest BCUT2D eigenvalue weighted by molar-refractivity contribution is 0.0799. The molecular weight excluding hydrogens is 330 g/mol. The van der Waals surface area contributed by atoms with Gasteiger partial charge in [0.15, 0.2) is 0 Å². The molecular formula is C19H23N5O2. The van der Waals surface area contributed by atoms with Gasteiger partial charge in [-0.05, 0) is 44.5 Å². The van der Waals surface area contributed by atoms with Gasteiger partial charge in [0.2, 0.25) is 0 Å². The van der Waals surface area contributed by atoms with Gasteiger partial charge in [-0.25, -0.2) is 4.98 Å². The second kappa shape index (κ2) is 6.34. The van der Waals surface area contributed by atoms with Crippen LogP contribution in [0, 0.1) is 0 Å². The van der Waals surface area contributed by atoms with E-state index in [0.717, 1.165) is 40.2 Å². The standard InChI is InChI=1S/C19H23N5O2/c1-12-11-26-9-8-24(12)16-10-14(19(2,3)25)13-4-6-20-18(17(13)22-16)15-5-7-21-23-15/h4-7,10,12,25H,8-9,11H2,1-3H3,(H,21,23)/t12-/m1/s1. The largest absolute Gasteiger partial charge is 0.386 e. The normalized spacial score (nSPS) is 18.5. The van der Waals surface area contributed by atoms with Gasteiger partial charge in [-0.1, -0.05) is 0 Å². The highest BCUT2D eigenvalue weighted by Gasteiger charge is 2.26. The van der Waals surface area contributed by atoms with E-state index in [-0.39, 0.29) is 6.04 Å². The predicted molar refractivity (Wildman–Crippen MR) is 100.0 cm³/mol.